The highest BCUT2D eigenvalue weighted by Gasteiger charge is 2.10. The Bertz CT molecular complexity index is 741. The van der Waals surface area contributed by atoms with E-state index in [1.165, 1.54) is 11.8 Å². The highest BCUT2D eigenvalue weighted by atomic mass is 32.2. The minimum atomic E-state index is 0.569. The van der Waals surface area contributed by atoms with Crippen LogP contribution in [0, 0.1) is 0 Å². The van der Waals surface area contributed by atoms with Gasteiger partial charge in [-0.1, -0.05) is 11.8 Å². The third-order valence-corrected chi connectivity index (χ3v) is 3.46. The number of aromatic nitrogens is 5. The monoisotopic (exact) mass is 299 g/mol. The van der Waals surface area contributed by atoms with E-state index < -0.39 is 0 Å². The molecule has 0 fully saturated rings. The minimum Gasteiger partial charge on any atom is -0.481 e. The number of methoxy groups -OCH3 is 1. The minimum absolute atomic E-state index is 0.569. The van der Waals surface area contributed by atoms with Crippen molar-refractivity contribution in [2.45, 2.75) is 5.16 Å². The summed E-state index contributed by atoms with van der Waals surface area (Å²) < 4.78 is 6.86. The predicted octanol–water partition coefficient (Wildman–Crippen LogP) is 2.45. The van der Waals surface area contributed by atoms with Crippen LogP contribution in [0.3, 0.4) is 0 Å². The molecule has 3 heterocycles. The second kappa shape index (κ2) is 5.92. The second-order valence-corrected chi connectivity index (χ2v) is 4.89. The summed E-state index contributed by atoms with van der Waals surface area (Å²) in [4.78, 5) is 12.9. The van der Waals surface area contributed by atoms with Crippen molar-refractivity contribution in [2.24, 2.45) is 0 Å². The molecular weight excluding hydrogens is 286 g/mol. The number of hydrogen-bond donors (Lipinski definition) is 0. The maximum absolute atomic E-state index is 5.07. The van der Waals surface area contributed by atoms with Crippen molar-refractivity contribution in [1.29, 1.82) is 0 Å². The lowest BCUT2D eigenvalue weighted by atomic mass is 10.3. The Labute approximate surface area is 126 Å². The lowest BCUT2D eigenvalue weighted by Gasteiger charge is -2.07. The Morgan fingerprint density at radius 1 is 1.10 bits per heavy atom. The third-order valence-electron chi connectivity index (χ3n) is 2.90. The van der Waals surface area contributed by atoms with Gasteiger partial charge in [0.2, 0.25) is 5.88 Å². The van der Waals surface area contributed by atoms with Gasteiger partial charge in [-0.3, -0.25) is 0 Å². The van der Waals surface area contributed by atoms with E-state index in [-0.39, 0.29) is 0 Å². The zero-order valence-corrected chi connectivity index (χ0v) is 12.4. The van der Waals surface area contributed by atoms with Crippen LogP contribution in [-0.2, 0) is 0 Å². The summed E-state index contributed by atoms with van der Waals surface area (Å²) in [6.07, 6.45) is 7.15. The predicted molar refractivity (Wildman–Crippen MR) is 80.7 cm³/mol. The van der Waals surface area contributed by atoms with Crippen molar-refractivity contribution in [1.82, 2.24) is 24.7 Å². The first-order valence-electron chi connectivity index (χ1n) is 6.23. The van der Waals surface area contributed by atoms with E-state index in [0.717, 1.165) is 22.2 Å². The summed E-state index contributed by atoms with van der Waals surface area (Å²) in [6.45, 7) is 0. The first-order chi connectivity index (χ1) is 10.3. The molecule has 0 aliphatic carbocycles. The van der Waals surface area contributed by atoms with E-state index in [1.54, 1.807) is 36.4 Å². The quantitative estimate of drug-likeness (QED) is 0.544. The van der Waals surface area contributed by atoms with E-state index >= 15 is 0 Å². The lowest BCUT2D eigenvalue weighted by molar-refractivity contribution is 0.397. The molecule has 3 aromatic rings. The van der Waals surface area contributed by atoms with Crippen LogP contribution in [0.5, 0.6) is 5.88 Å². The summed E-state index contributed by atoms with van der Waals surface area (Å²) >= 11 is 1.51. The molecular formula is C14H13N5OS. The standard InChI is InChI=1S/C14H13N5OS/c1-20-13-4-3-10(9-16-13)19-12(6-8-17-19)11-5-7-15-14(18-11)21-2/h3-9H,1-2H3. The van der Waals surface area contributed by atoms with Crippen molar-refractivity contribution in [2.75, 3.05) is 13.4 Å². The van der Waals surface area contributed by atoms with Crippen molar-refractivity contribution in [3.8, 4) is 23.0 Å². The Kier molecular flexibility index (Phi) is 3.83. The van der Waals surface area contributed by atoms with Crippen LogP contribution in [-0.4, -0.2) is 38.1 Å². The van der Waals surface area contributed by atoms with Crippen molar-refractivity contribution in [3.63, 3.8) is 0 Å². The molecule has 0 amide bonds. The van der Waals surface area contributed by atoms with E-state index in [4.69, 9.17) is 4.74 Å². The molecule has 6 nitrogen and oxygen atoms in total. The molecule has 3 aromatic heterocycles. The third kappa shape index (κ3) is 2.73. The van der Waals surface area contributed by atoms with Gasteiger partial charge >= 0.3 is 0 Å². The molecule has 0 saturated carbocycles. The van der Waals surface area contributed by atoms with Crippen molar-refractivity contribution in [3.05, 3.63) is 42.9 Å². The van der Waals surface area contributed by atoms with E-state index in [0.29, 0.717) is 5.88 Å². The van der Waals surface area contributed by atoms with Crippen LogP contribution in [0.25, 0.3) is 17.1 Å². The summed E-state index contributed by atoms with van der Waals surface area (Å²) in [5.74, 6) is 0.569. The fourth-order valence-electron chi connectivity index (χ4n) is 1.90. The van der Waals surface area contributed by atoms with Gasteiger partial charge in [0.15, 0.2) is 5.16 Å². The lowest BCUT2D eigenvalue weighted by Crippen LogP contribution is -2.01. The number of nitrogens with zero attached hydrogens (tertiary/aromatic N) is 5. The first-order valence-corrected chi connectivity index (χ1v) is 7.46. The molecule has 21 heavy (non-hydrogen) atoms. The van der Waals surface area contributed by atoms with Crippen LogP contribution in [0.2, 0.25) is 0 Å². The largest absolute Gasteiger partial charge is 0.481 e. The number of pyridine rings is 1. The Morgan fingerprint density at radius 2 is 2.00 bits per heavy atom. The topological polar surface area (TPSA) is 65.7 Å². The van der Waals surface area contributed by atoms with Crippen LogP contribution < -0.4 is 4.74 Å². The van der Waals surface area contributed by atoms with Gasteiger partial charge in [-0.05, 0) is 24.5 Å². The molecule has 0 aromatic carbocycles. The van der Waals surface area contributed by atoms with Gasteiger partial charge in [-0.25, -0.2) is 19.6 Å². The van der Waals surface area contributed by atoms with Gasteiger partial charge in [0.1, 0.15) is 0 Å². The number of hydrogen-bond acceptors (Lipinski definition) is 6. The number of rotatable bonds is 4. The zero-order chi connectivity index (χ0) is 14.7. The van der Waals surface area contributed by atoms with Gasteiger partial charge in [-0.15, -0.1) is 0 Å². The molecule has 0 N–H and O–H groups in total. The molecule has 0 saturated heterocycles. The van der Waals surface area contributed by atoms with Crippen LogP contribution in [0.4, 0.5) is 0 Å². The van der Waals surface area contributed by atoms with E-state index in [9.17, 15) is 0 Å². The molecule has 7 heteroatoms. The molecule has 106 valence electrons. The highest BCUT2D eigenvalue weighted by molar-refractivity contribution is 7.98. The fraction of sp³-hybridized carbons (Fsp3) is 0.143. The zero-order valence-electron chi connectivity index (χ0n) is 11.6. The van der Waals surface area contributed by atoms with Crippen LogP contribution >= 0.6 is 11.8 Å². The molecule has 0 unspecified atom stereocenters. The van der Waals surface area contributed by atoms with Crippen LogP contribution in [0.1, 0.15) is 0 Å². The fourth-order valence-corrected chi connectivity index (χ4v) is 2.26. The first kappa shape index (κ1) is 13.6. The smallest absolute Gasteiger partial charge is 0.213 e. The molecule has 0 aliphatic rings. The summed E-state index contributed by atoms with van der Waals surface area (Å²) in [5, 5.41) is 5.07. The van der Waals surface area contributed by atoms with Gasteiger partial charge in [-0.2, -0.15) is 5.10 Å². The Balaban J connectivity index is 2.03. The highest BCUT2D eigenvalue weighted by Crippen LogP contribution is 2.22. The molecule has 0 bridgehead atoms. The summed E-state index contributed by atoms with van der Waals surface area (Å²) in [7, 11) is 1.59. The van der Waals surface area contributed by atoms with E-state index in [2.05, 4.69) is 20.1 Å². The van der Waals surface area contributed by atoms with Crippen molar-refractivity contribution >= 4 is 11.8 Å². The maximum atomic E-state index is 5.07. The molecule has 0 atom stereocenters. The van der Waals surface area contributed by atoms with Gasteiger partial charge < -0.3 is 4.74 Å². The SMILES string of the molecule is COc1ccc(-n2nccc2-c2ccnc(SC)n2)cn1. The van der Waals surface area contributed by atoms with Crippen molar-refractivity contribution < 1.29 is 4.74 Å². The van der Waals surface area contributed by atoms with Gasteiger partial charge in [0, 0.05) is 12.3 Å². The average molecular weight is 299 g/mol. The second-order valence-electron chi connectivity index (χ2n) is 4.12. The average Bonchev–Trinajstić information content (AvgIpc) is 3.04. The summed E-state index contributed by atoms with van der Waals surface area (Å²) in [6, 6.07) is 7.48. The van der Waals surface area contributed by atoms with Gasteiger partial charge in [0.05, 0.1) is 36.6 Å². The van der Waals surface area contributed by atoms with Crippen LogP contribution in [0.15, 0.2) is 48.0 Å². The number of ether oxygens (including phenoxy) is 1. The maximum Gasteiger partial charge on any atom is 0.213 e. The normalized spacial score (nSPS) is 10.6. The van der Waals surface area contributed by atoms with Gasteiger partial charge in [0.25, 0.3) is 0 Å². The molecule has 0 aliphatic heterocycles. The van der Waals surface area contributed by atoms with E-state index in [1.807, 2.05) is 24.5 Å². The Morgan fingerprint density at radius 3 is 2.71 bits per heavy atom. The molecule has 0 spiro atoms. The molecule has 0 radical (unpaired) electrons. The Hall–Kier alpha value is -2.41. The summed E-state index contributed by atoms with van der Waals surface area (Å²) in [5.41, 5.74) is 2.56. The molecule has 3 rings (SSSR count). The number of thioether (sulfide) groups is 1.